The van der Waals surface area contributed by atoms with Gasteiger partial charge < -0.3 is 0 Å². The summed E-state index contributed by atoms with van der Waals surface area (Å²) in [6.45, 7) is 6.10. The third-order valence-electron chi connectivity index (χ3n) is 4.02. The van der Waals surface area contributed by atoms with E-state index in [1.54, 1.807) is 6.07 Å². The highest BCUT2D eigenvalue weighted by molar-refractivity contribution is 6.36. The lowest BCUT2D eigenvalue weighted by Gasteiger charge is -2.32. The van der Waals surface area contributed by atoms with E-state index in [-0.39, 0.29) is 27.8 Å². The quantitative estimate of drug-likeness (QED) is 0.398. The first-order valence-corrected chi connectivity index (χ1v) is 8.15. The zero-order valence-corrected chi connectivity index (χ0v) is 15.1. The first kappa shape index (κ1) is 19.9. The SMILES string of the molecule is C=N/C=C(\C(=C/C)C(F)(F)F)c1cc(Cl)c2c(c1)CCC(=N)N2C(C)=N. The smallest absolute Gasteiger partial charge is 0.288 e. The molecule has 0 bridgehead atoms. The van der Waals surface area contributed by atoms with Gasteiger partial charge in [-0.05, 0) is 50.2 Å². The Hall–Kier alpha value is -2.41. The van der Waals surface area contributed by atoms with E-state index in [1.165, 1.54) is 24.8 Å². The van der Waals surface area contributed by atoms with E-state index >= 15 is 0 Å². The summed E-state index contributed by atoms with van der Waals surface area (Å²) in [5.41, 5.74) is 0.465. The van der Waals surface area contributed by atoms with Gasteiger partial charge in [0.2, 0.25) is 0 Å². The van der Waals surface area contributed by atoms with Gasteiger partial charge >= 0.3 is 6.18 Å². The third-order valence-corrected chi connectivity index (χ3v) is 4.31. The van der Waals surface area contributed by atoms with E-state index in [4.69, 9.17) is 22.4 Å². The lowest BCUT2D eigenvalue weighted by molar-refractivity contribution is -0.0872. The van der Waals surface area contributed by atoms with Crippen molar-refractivity contribution in [3.8, 4) is 0 Å². The van der Waals surface area contributed by atoms with Crippen molar-refractivity contribution in [2.24, 2.45) is 4.99 Å². The largest absolute Gasteiger partial charge is 0.416 e. The molecule has 0 radical (unpaired) electrons. The highest BCUT2D eigenvalue weighted by atomic mass is 35.5. The fraction of sp³-hybridized carbons (Fsp3) is 0.278. The number of rotatable bonds is 3. The number of aryl methyl sites for hydroxylation is 1. The van der Waals surface area contributed by atoms with Crippen LogP contribution in [0.2, 0.25) is 5.02 Å². The van der Waals surface area contributed by atoms with Crippen molar-refractivity contribution in [1.29, 1.82) is 10.8 Å². The maximum atomic E-state index is 13.4. The van der Waals surface area contributed by atoms with Gasteiger partial charge in [0.1, 0.15) is 11.7 Å². The average Bonchev–Trinajstić information content (AvgIpc) is 2.53. The molecule has 1 aliphatic heterocycles. The van der Waals surface area contributed by atoms with Crippen molar-refractivity contribution in [3.63, 3.8) is 0 Å². The van der Waals surface area contributed by atoms with Crippen LogP contribution in [-0.4, -0.2) is 24.6 Å². The Morgan fingerprint density at radius 1 is 1.35 bits per heavy atom. The summed E-state index contributed by atoms with van der Waals surface area (Å²) in [6, 6.07) is 3.01. The highest BCUT2D eigenvalue weighted by Crippen LogP contribution is 2.42. The van der Waals surface area contributed by atoms with Gasteiger partial charge in [-0.1, -0.05) is 17.7 Å². The summed E-state index contributed by atoms with van der Waals surface area (Å²) < 4.78 is 40.1. The second-order valence-corrected chi connectivity index (χ2v) is 6.17. The molecule has 2 N–H and O–H groups in total. The number of halogens is 4. The van der Waals surface area contributed by atoms with Gasteiger partial charge in [-0.2, -0.15) is 13.2 Å². The van der Waals surface area contributed by atoms with Crippen LogP contribution < -0.4 is 4.90 Å². The van der Waals surface area contributed by atoms with Crippen LogP contribution in [-0.2, 0) is 6.42 Å². The van der Waals surface area contributed by atoms with E-state index in [2.05, 4.69) is 11.7 Å². The third kappa shape index (κ3) is 3.72. The molecular weight excluding hydrogens is 365 g/mol. The standard InChI is InChI=1S/C18H18ClF3N4/c1-4-14(18(20,21)22)13(9-25-3)12-7-11-5-6-16(24)26(10(2)23)17(11)15(19)8-12/h4,7-9,23-24H,3,5-6H2,1-2H3/b13-9-,14-4+,23-10?,24-16?. The van der Waals surface area contributed by atoms with Crippen molar-refractivity contribution in [3.05, 3.63) is 46.1 Å². The minimum Gasteiger partial charge on any atom is -0.288 e. The molecule has 0 saturated carbocycles. The summed E-state index contributed by atoms with van der Waals surface area (Å²) in [6.07, 6.45) is -1.68. The van der Waals surface area contributed by atoms with E-state index in [0.717, 1.165) is 12.3 Å². The molecule has 1 aromatic rings. The predicted molar refractivity (Wildman–Crippen MR) is 101 cm³/mol. The van der Waals surface area contributed by atoms with E-state index in [1.807, 2.05) is 0 Å². The van der Waals surface area contributed by atoms with Crippen molar-refractivity contribution < 1.29 is 13.2 Å². The van der Waals surface area contributed by atoms with Gasteiger partial charge in [-0.15, -0.1) is 0 Å². The summed E-state index contributed by atoms with van der Waals surface area (Å²) in [5, 5.41) is 16.1. The number of allylic oxidation sites excluding steroid dienone is 3. The van der Waals surface area contributed by atoms with Crippen LogP contribution in [0.5, 0.6) is 0 Å². The molecule has 1 heterocycles. The molecule has 2 rings (SSSR count). The topological polar surface area (TPSA) is 63.3 Å². The first-order valence-electron chi connectivity index (χ1n) is 7.77. The lowest BCUT2D eigenvalue weighted by Crippen LogP contribution is -2.38. The zero-order chi connectivity index (χ0) is 19.6. The number of hydrogen-bond donors (Lipinski definition) is 2. The van der Waals surface area contributed by atoms with Crippen molar-refractivity contribution in [2.75, 3.05) is 4.90 Å². The van der Waals surface area contributed by atoms with Crippen molar-refractivity contribution in [2.45, 2.75) is 32.9 Å². The molecule has 8 heteroatoms. The molecular formula is C18H18ClF3N4. The molecule has 1 aromatic carbocycles. The number of nitrogens with zero attached hydrogens (tertiary/aromatic N) is 2. The van der Waals surface area contributed by atoms with Crippen molar-refractivity contribution >= 4 is 41.3 Å². The van der Waals surface area contributed by atoms with E-state index in [0.29, 0.717) is 24.1 Å². The molecule has 1 aliphatic rings. The monoisotopic (exact) mass is 382 g/mol. The molecule has 0 amide bonds. The summed E-state index contributed by atoms with van der Waals surface area (Å²) >= 11 is 6.35. The normalized spacial score (nSPS) is 15.8. The molecule has 26 heavy (non-hydrogen) atoms. The number of anilines is 1. The van der Waals surface area contributed by atoms with Gasteiger partial charge in [-0.3, -0.25) is 20.7 Å². The molecule has 0 aliphatic carbocycles. The molecule has 0 saturated heterocycles. The number of aliphatic imine (C=N–C) groups is 1. The van der Waals surface area contributed by atoms with Gasteiger partial charge in [0, 0.05) is 18.2 Å². The van der Waals surface area contributed by atoms with Gasteiger partial charge in [0.05, 0.1) is 16.3 Å². The minimum atomic E-state index is -4.55. The Morgan fingerprint density at radius 2 is 2.00 bits per heavy atom. The van der Waals surface area contributed by atoms with Crippen LogP contribution in [0.1, 0.15) is 31.4 Å². The van der Waals surface area contributed by atoms with E-state index in [9.17, 15) is 13.2 Å². The Kier molecular flexibility index (Phi) is 5.71. The van der Waals surface area contributed by atoms with Gasteiger partial charge in [0.25, 0.3) is 0 Å². The lowest BCUT2D eigenvalue weighted by atomic mass is 9.92. The van der Waals surface area contributed by atoms with Crippen LogP contribution >= 0.6 is 11.6 Å². The second-order valence-electron chi connectivity index (χ2n) is 5.76. The Bertz CT molecular complexity index is 838. The predicted octanol–water partition coefficient (Wildman–Crippen LogP) is 5.62. The highest BCUT2D eigenvalue weighted by Gasteiger charge is 2.36. The average molecular weight is 383 g/mol. The minimum absolute atomic E-state index is 0.124. The molecule has 0 unspecified atom stereocenters. The summed E-state index contributed by atoms with van der Waals surface area (Å²) in [5.74, 6) is 0.353. The summed E-state index contributed by atoms with van der Waals surface area (Å²) in [7, 11) is 0. The molecule has 0 aromatic heterocycles. The number of fused-ring (bicyclic) bond motifs is 1. The fourth-order valence-corrected chi connectivity index (χ4v) is 3.31. The maximum absolute atomic E-state index is 13.4. The maximum Gasteiger partial charge on any atom is 0.416 e. The summed E-state index contributed by atoms with van der Waals surface area (Å²) in [4.78, 5) is 4.92. The number of hydrogen-bond acceptors (Lipinski definition) is 3. The Morgan fingerprint density at radius 3 is 2.50 bits per heavy atom. The Balaban J connectivity index is 2.67. The van der Waals surface area contributed by atoms with Crippen LogP contribution in [0, 0.1) is 10.8 Å². The zero-order valence-electron chi connectivity index (χ0n) is 14.3. The van der Waals surface area contributed by atoms with Gasteiger partial charge in [0.15, 0.2) is 0 Å². The number of amidine groups is 2. The second kappa shape index (κ2) is 7.45. The van der Waals surface area contributed by atoms with Crippen LogP contribution in [0.15, 0.2) is 35.0 Å². The molecule has 0 spiro atoms. The van der Waals surface area contributed by atoms with Crippen LogP contribution in [0.25, 0.3) is 5.57 Å². The molecule has 0 fully saturated rings. The molecule has 138 valence electrons. The van der Waals surface area contributed by atoms with Gasteiger partial charge in [-0.25, -0.2) is 0 Å². The van der Waals surface area contributed by atoms with E-state index < -0.39 is 11.7 Å². The fourth-order valence-electron chi connectivity index (χ4n) is 2.99. The van der Waals surface area contributed by atoms with Crippen LogP contribution in [0.3, 0.4) is 0 Å². The number of nitrogens with one attached hydrogen (secondary N) is 2. The number of benzene rings is 1. The van der Waals surface area contributed by atoms with Crippen LogP contribution in [0.4, 0.5) is 18.9 Å². The number of alkyl halides is 3. The molecule has 0 atom stereocenters. The van der Waals surface area contributed by atoms with Crippen molar-refractivity contribution in [1.82, 2.24) is 0 Å². The molecule has 4 nitrogen and oxygen atoms in total. The first-order chi connectivity index (χ1) is 12.1. The Labute approximate surface area is 154 Å².